The Balaban J connectivity index is 1.53. The number of carbonyl (C=O) groups excluding carboxylic acids is 3. The van der Waals surface area contributed by atoms with E-state index in [9.17, 15) is 18.8 Å². The molecule has 12 heteroatoms. The van der Waals surface area contributed by atoms with Crippen molar-refractivity contribution in [2.75, 3.05) is 24.4 Å². The monoisotopic (exact) mass is 532 g/mol. The SMILES string of the molecule is COc1cc(/C=N\NC(=O)C(=O)Nc2ccc(F)cc2)ccc1OCC(=O)Nc1ccc(Cl)cc1Cl. The van der Waals surface area contributed by atoms with Crippen molar-refractivity contribution in [3.8, 4) is 11.5 Å². The van der Waals surface area contributed by atoms with Gasteiger partial charge in [0, 0.05) is 10.7 Å². The summed E-state index contributed by atoms with van der Waals surface area (Å²) < 4.78 is 23.7. The van der Waals surface area contributed by atoms with Crippen LogP contribution in [0, 0.1) is 5.82 Å². The van der Waals surface area contributed by atoms with E-state index in [-0.39, 0.29) is 23.1 Å². The van der Waals surface area contributed by atoms with Crippen molar-refractivity contribution in [2.24, 2.45) is 5.10 Å². The summed E-state index contributed by atoms with van der Waals surface area (Å²) in [4.78, 5) is 36.0. The summed E-state index contributed by atoms with van der Waals surface area (Å²) >= 11 is 11.9. The normalized spacial score (nSPS) is 10.6. The first kappa shape index (κ1) is 26.5. The second kappa shape index (κ2) is 12.5. The zero-order valence-electron chi connectivity index (χ0n) is 18.7. The predicted molar refractivity (Wildman–Crippen MR) is 134 cm³/mol. The molecule has 0 aliphatic carbocycles. The third kappa shape index (κ3) is 7.69. The Bertz CT molecular complexity index is 1300. The zero-order valence-corrected chi connectivity index (χ0v) is 20.2. The lowest BCUT2D eigenvalue weighted by atomic mass is 10.2. The number of hydrogen-bond donors (Lipinski definition) is 3. The molecule has 0 fully saturated rings. The maximum atomic E-state index is 12.9. The molecule has 3 aromatic carbocycles. The molecule has 0 aliphatic heterocycles. The van der Waals surface area contributed by atoms with Gasteiger partial charge in [0.1, 0.15) is 5.82 Å². The molecule has 3 N–H and O–H groups in total. The van der Waals surface area contributed by atoms with Crippen LogP contribution in [0.5, 0.6) is 11.5 Å². The van der Waals surface area contributed by atoms with Gasteiger partial charge in [-0.2, -0.15) is 5.10 Å². The topological polar surface area (TPSA) is 118 Å². The quantitative estimate of drug-likeness (QED) is 0.227. The van der Waals surface area contributed by atoms with Crippen LogP contribution in [0.4, 0.5) is 15.8 Å². The van der Waals surface area contributed by atoms with Crippen LogP contribution in [-0.4, -0.2) is 37.7 Å². The standard InChI is InChI=1S/C24H19Cl2FN4O5/c1-35-21-10-14(12-28-31-24(34)23(33)29-17-6-4-16(27)5-7-17)2-9-20(21)36-13-22(32)30-19-8-3-15(25)11-18(19)26/h2-12H,13H2,1H3,(H,29,33)(H,30,32)(H,31,34)/b28-12-. The number of amides is 3. The lowest BCUT2D eigenvalue weighted by Gasteiger charge is -2.12. The van der Waals surface area contributed by atoms with Gasteiger partial charge in [-0.15, -0.1) is 0 Å². The number of rotatable bonds is 8. The Morgan fingerprint density at radius 2 is 1.69 bits per heavy atom. The highest BCUT2D eigenvalue weighted by atomic mass is 35.5. The average molecular weight is 533 g/mol. The van der Waals surface area contributed by atoms with Gasteiger partial charge in [-0.05, 0) is 66.2 Å². The van der Waals surface area contributed by atoms with Gasteiger partial charge in [0.2, 0.25) is 0 Å². The molecule has 3 amide bonds. The Morgan fingerprint density at radius 3 is 2.39 bits per heavy atom. The Kier molecular flexibility index (Phi) is 9.20. The first-order valence-corrected chi connectivity index (χ1v) is 11.0. The first-order valence-electron chi connectivity index (χ1n) is 10.2. The molecule has 9 nitrogen and oxygen atoms in total. The molecular weight excluding hydrogens is 514 g/mol. The van der Waals surface area contributed by atoms with Gasteiger partial charge in [-0.3, -0.25) is 14.4 Å². The third-order valence-electron chi connectivity index (χ3n) is 4.44. The molecule has 0 aromatic heterocycles. The van der Waals surface area contributed by atoms with E-state index in [1.165, 1.54) is 31.5 Å². The number of halogens is 3. The highest BCUT2D eigenvalue weighted by molar-refractivity contribution is 6.39. The van der Waals surface area contributed by atoms with E-state index < -0.39 is 23.5 Å². The van der Waals surface area contributed by atoms with E-state index in [0.717, 1.165) is 12.1 Å². The Hall–Kier alpha value is -4.15. The van der Waals surface area contributed by atoms with E-state index in [2.05, 4.69) is 21.2 Å². The fraction of sp³-hybridized carbons (Fsp3) is 0.0833. The Labute approximate surface area is 215 Å². The first-order chi connectivity index (χ1) is 17.2. The van der Waals surface area contributed by atoms with Crippen LogP contribution in [-0.2, 0) is 14.4 Å². The van der Waals surface area contributed by atoms with Gasteiger partial charge < -0.3 is 20.1 Å². The molecule has 0 unspecified atom stereocenters. The third-order valence-corrected chi connectivity index (χ3v) is 4.99. The summed E-state index contributed by atoms with van der Waals surface area (Å²) in [6.07, 6.45) is 1.28. The van der Waals surface area contributed by atoms with E-state index in [1.54, 1.807) is 30.3 Å². The molecule has 0 heterocycles. The maximum absolute atomic E-state index is 12.9. The number of nitrogens with zero attached hydrogens (tertiary/aromatic N) is 1. The number of nitrogens with one attached hydrogen (secondary N) is 3. The minimum Gasteiger partial charge on any atom is -0.493 e. The molecule has 0 spiro atoms. The summed E-state index contributed by atoms with van der Waals surface area (Å²) in [5, 5.41) is 9.39. The smallest absolute Gasteiger partial charge is 0.329 e. The zero-order chi connectivity index (χ0) is 26.1. The van der Waals surface area contributed by atoms with Crippen molar-refractivity contribution < 1.29 is 28.2 Å². The number of benzene rings is 3. The van der Waals surface area contributed by atoms with Crippen molar-refractivity contribution in [2.45, 2.75) is 0 Å². The highest BCUT2D eigenvalue weighted by Gasteiger charge is 2.13. The van der Waals surface area contributed by atoms with Crippen LogP contribution >= 0.6 is 23.2 Å². The van der Waals surface area contributed by atoms with Gasteiger partial charge in [-0.1, -0.05) is 23.2 Å². The summed E-state index contributed by atoms with van der Waals surface area (Å²) in [6, 6.07) is 14.3. The number of carbonyl (C=O) groups is 3. The van der Waals surface area contributed by atoms with Crippen molar-refractivity contribution >= 4 is 58.5 Å². The molecule has 36 heavy (non-hydrogen) atoms. The van der Waals surface area contributed by atoms with Crippen LogP contribution in [0.3, 0.4) is 0 Å². The van der Waals surface area contributed by atoms with E-state index in [1.807, 2.05) is 0 Å². The number of hydrazone groups is 1. The van der Waals surface area contributed by atoms with Crippen LogP contribution < -0.4 is 25.5 Å². The van der Waals surface area contributed by atoms with Crippen molar-refractivity contribution in [3.63, 3.8) is 0 Å². The van der Waals surface area contributed by atoms with E-state index >= 15 is 0 Å². The van der Waals surface area contributed by atoms with Gasteiger partial charge in [0.25, 0.3) is 5.91 Å². The summed E-state index contributed by atoms with van der Waals surface area (Å²) in [5.41, 5.74) is 3.24. The van der Waals surface area contributed by atoms with Crippen LogP contribution in [0.1, 0.15) is 5.56 Å². The number of ether oxygens (including phenoxy) is 2. The number of hydrogen-bond acceptors (Lipinski definition) is 6. The molecule has 0 radical (unpaired) electrons. The van der Waals surface area contributed by atoms with Crippen LogP contribution in [0.25, 0.3) is 0 Å². The van der Waals surface area contributed by atoms with Crippen molar-refractivity contribution in [1.29, 1.82) is 0 Å². The molecule has 186 valence electrons. The highest BCUT2D eigenvalue weighted by Crippen LogP contribution is 2.28. The largest absolute Gasteiger partial charge is 0.493 e. The van der Waals surface area contributed by atoms with Gasteiger partial charge >= 0.3 is 11.8 Å². The van der Waals surface area contributed by atoms with Gasteiger partial charge in [-0.25, -0.2) is 9.82 Å². The molecule has 0 saturated heterocycles. The summed E-state index contributed by atoms with van der Waals surface area (Å²) in [5.74, 6) is -2.33. The summed E-state index contributed by atoms with van der Waals surface area (Å²) in [7, 11) is 1.41. The van der Waals surface area contributed by atoms with Gasteiger partial charge in [0.15, 0.2) is 18.1 Å². The van der Waals surface area contributed by atoms with Crippen molar-refractivity contribution in [3.05, 3.63) is 82.1 Å². The minimum absolute atomic E-state index is 0.255. The van der Waals surface area contributed by atoms with E-state index in [4.69, 9.17) is 32.7 Å². The molecule has 0 saturated carbocycles. The van der Waals surface area contributed by atoms with Crippen LogP contribution in [0.2, 0.25) is 10.0 Å². The lowest BCUT2D eigenvalue weighted by Crippen LogP contribution is -2.32. The molecular formula is C24H19Cl2FN4O5. The molecule has 0 aliphatic rings. The van der Waals surface area contributed by atoms with E-state index in [0.29, 0.717) is 22.0 Å². The number of methoxy groups -OCH3 is 1. The van der Waals surface area contributed by atoms with Crippen LogP contribution in [0.15, 0.2) is 65.8 Å². The molecule has 0 atom stereocenters. The number of anilines is 2. The Morgan fingerprint density at radius 1 is 0.944 bits per heavy atom. The average Bonchev–Trinajstić information content (AvgIpc) is 2.86. The maximum Gasteiger partial charge on any atom is 0.329 e. The fourth-order valence-electron chi connectivity index (χ4n) is 2.74. The van der Waals surface area contributed by atoms with Crippen molar-refractivity contribution in [1.82, 2.24) is 5.43 Å². The minimum atomic E-state index is -1.02. The molecule has 0 bridgehead atoms. The molecule has 3 aromatic rings. The second-order valence-corrected chi connectivity index (χ2v) is 7.88. The molecule has 3 rings (SSSR count). The predicted octanol–water partition coefficient (Wildman–Crippen LogP) is 4.25. The van der Waals surface area contributed by atoms with Gasteiger partial charge in [0.05, 0.1) is 24.0 Å². The summed E-state index contributed by atoms with van der Waals surface area (Å²) in [6.45, 7) is -0.317. The fourth-order valence-corrected chi connectivity index (χ4v) is 3.20. The second-order valence-electron chi connectivity index (χ2n) is 7.03. The lowest BCUT2D eigenvalue weighted by molar-refractivity contribution is -0.136.